The molecule has 3 aromatic rings. The Balaban J connectivity index is 0.00000289. The Kier molecular flexibility index (Phi) is 7.12. The van der Waals surface area contributed by atoms with Gasteiger partial charge in [0.1, 0.15) is 6.04 Å². The minimum absolute atomic E-state index is 0. The molecule has 170 valence electrons. The Labute approximate surface area is 189 Å². The van der Waals surface area contributed by atoms with Gasteiger partial charge in [-0.1, -0.05) is 14.4 Å². The molecule has 32 heavy (non-hydrogen) atoms. The molecule has 4 rings (SSSR count). The van der Waals surface area contributed by atoms with Gasteiger partial charge in [-0.2, -0.15) is 5.10 Å². The number of aryl methyl sites for hydroxylation is 3. The molecular weight excluding hydrogens is 404 g/mol. The van der Waals surface area contributed by atoms with E-state index in [0.29, 0.717) is 12.4 Å². The number of aromatic nitrogens is 4. The van der Waals surface area contributed by atoms with Gasteiger partial charge in [0.05, 0.1) is 36.9 Å². The van der Waals surface area contributed by atoms with Crippen LogP contribution in [0.2, 0.25) is 0 Å². The summed E-state index contributed by atoms with van der Waals surface area (Å²) >= 11 is 0. The van der Waals surface area contributed by atoms with Crippen LogP contribution in [-0.4, -0.2) is 45.9 Å². The van der Waals surface area contributed by atoms with E-state index < -0.39 is 0 Å². The van der Waals surface area contributed by atoms with Crippen LogP contribution in [0.1, 0.15) is 43.3 Å². The van der Waals surface area contributed by atoms with E-state index in [1.807, 2.05) is 43.9 Å². The highest BCUT2D eigenvalue weighted by atomic mass is 16.5. The lowest BCUT2D eigenvalue weighted by Crippen LogP contribution is -2.46. The number of fused-ring (bicyclic) bond motifs is 1. The summed E-state index contributed by atoms with van der Waals surface area (Å²) in [7, 11) is 3.59. The molecule has 0 radical (unpaired) electrons. The van der Waals surface area contributed by atoms with Gasteiger partial charge in [0.15, 0.2) is 0 Å². The zero-order valence-corrected chi connectivity index (χ0v) is 18.4. The lowest BCUT2D eigenvalue weighted by molar-refractivity contribution is -0.117. The number of pyridine rings is 2. The molecule has 1 aliphatic heterocycles. The van der Waals surface area contributed by atoms with Crippen LogP contribution in [-0.2, 0) is 24.2 Å². The maximum atomic E-state index is 12.3. The summed E-state index contributed by atoms with van der Waals surface area (Å²) in [5, 5.41) is 7.51. The van der Waals surface area contributed by atoms with Crippen LogP contribution in [0, 0.1) is 6.92 Å². The van der Waals surface area contributed by atoms with Crippen LogP contribution in [0.25, 0.3) is 0 Å². The fraction of sp³-hybridized carbons (Fsp3) is 0.417. The molecule has 1 aliphatic rings. The summed E-state index contributed by atoms with van der Waals surface area (Å²) in [5.74, 6) is 0.639. The first kappa shape index (κ1) is 23.2. The van der Waals surface area contributed by atoms with Crippen LogP contribution in [0.15, 0.2) is 36.8 Å². The molecule has 0 spiro atoms. The molecule has 4 heterocycles. The molecule has 8 heteroatoms. The predicted octanol–water partition coefficient (Wildman–Crippen LogP) is 3.63. The van der Waals surface area contributed by atoms with Crippen LogP contribution in [0.4, 0.5) is 11.4 Å². The molecule has 0 aliphatic carbocycles. The molecule has 0 unspecified atom stereocenters. The number of carbonyl (C=O) groups is 1. The van der Waals surface area contributed by atoms with Crippen LogP contribution in [0.3, 0.4) is 0 Å². The lowest BCUT2D eigenvalue weighted by atomic mass is 10.0. The standard InChI is InChI=1S/C23H28N6O2.CH4/c1-5-19-23(30)27-22-15(2)26-18(11-20(22)28(19)3)7-6-17-12-25-29(14-17)13-16-8-9-24-21(10-16)31-4;/h8-12,14,19H,5-7,13H2,1-4H3,(H,27,30);1H4/t19-;/m0./s1. The number of nitrogens with zero attached hydrogens (tertiary/aromatic N) is 5. The normalized spacial score (nSPS) is 15.1. The van der Waals surface area contributed by atoms with Gasteiger partial charge in [-0.25, -0.2) is 4.98 Å². The highest BCUT2D eigenvalue weighted by molar-refractivity contribution is 6.04. The number of rotatable bonds is 7. The van der Waals surface area contributed by atoms with Crippen molar-refractivity contribution in [2.75, 3.05) is 24.4 Å². The fourth-order valence-electron chi connectivity index (χ4n) is 4.03. The SMILES string of the molecule is C.CC[C@H]1C(=O)Nc2c(cc(CCc3cnn(Cc4ccnc(OC)c4)c3)nc2C)N1C. The minimum atomic E-state index is -0.146. The van der Waals surface area contributed by atoms with Crippen molar-refractivity contribution in [1.29, 1.82) is 0 Å². The van der Waals surface area contributed by atoms with E-state index >= 15 is 0 Å². The topological polar surface area (TPSA) is 85.2 Å². The molecule has 1 amide bonds. The number of hydrogen-bond donors (Lipinski definition) is 1. The van der Waals surface area contributed by atoms with Crippen molar-refractivity contribution in [1.82, 2.24) is 19.7 Å². The highest BCUT2D eigenvalue weighted by Crippen LogP contribution is 2.34. The third kappa shape index (κ3) is 4.74. The Morgan fingerprint density at radius 2 is 2.03 bits per heavy atom. The summed E-state index contributed by atoms with van der Waals surface area (Å²) in [6.07, 6.45) is 8.13. The smallest absolute Gasteiger partial charge is 0.247 e. The molecule has 0 saturated carbocycles. The fourth-order valence-corrected chi connectivity index (χ4v) is 4.03. The van der Waals surface area contributed by atoms with Gasteiger partial charge < -0.3 is 15.0 Å². The number of methoxy groups -OCH3 is 1. The summed E-state index contributed by atoms with van der Waals surface area (Å²) in [6, 6.07) is 5.83. The zero-order valence-electron chi connectivity index (χ0n) is 18.4. The molecule has 0 bridgehead atoms. The number of amides is 1. The van der Waals surface area contributed by atoms with Gasteiger partial charge in [-0.15, -0.1) is 0 Å². The monoisotopic (exact) mass is 436 g/mol. The first-order valence-electron chi connectivity index (χ1n) is 10.5. The predicted molar refractivity (Wildman–Crippen MR) is 126 cm³/mol. The summed E-state index contributed by atoms with van der Waals surface area (Å²) in [6.45, 7) is 4.64. The summed E-state index contributed by atoms with van der Waals surface area (Å²) < 4.78 is 7.11. The van der Waals surface area contributed by atoms with E-state index in [-0.39, 0.29) is 19.4 Å². The largest absolute Gasteiger partial charge is 0.481 e. The van der Waals surface area contributed by atoms with Crippen molar-refractivity contribution in [3.05, 3.63) is 59.3 Å². The first-order valence-corrected chi connectivity index (χ1v) is 10.5. The molecule has 1 atom stereocenters. The Morgan fingerprint density at radius 3 is 2.78 bits per heavy atom. The van der Waals surface area contributed by atoms with E-state index in [1.165, 1.54) is 0 Å². The van der Waals surface area contributed by atoms with Gasteiger partial charge in [0, 0.05) is 31.2 Å². The van der Waals surface area contributed by atoms with E-state index in [2.05, 4.69) is 32.6 Å². The number of ether oxygens (including phenoxy) is 1. The molecule has 3 aromatic heterocycles. The van der Waals surface area contributed by atoms with Crippen molar-refractivity contribution in [2.45, 2.75) is 53.1 Å². The Hall–Kier alpha value is -3.42. The van der Waals surface area contributed by atoms with Crippen molar-refractivity contribution in [3.8, 4) is 5.88 Å². The van der Waals surface area contributed by atoms with Gasteiger partial charge in [0.2, 0.25) is 11.8 Å². The number of hydrogen-bond acceptors (Lipinski definition) is 6. The number of nitrogens with one attached hydrogen (secondary N) is 1. The second kappa shape index (κ2) is 9.80. The summed E-state index contributed by atoms with van der Waals surface area (Å²) in [5.41, 5.74) is 5.97. The lowest BCUT2D eigenvalue weighted by Gasteiger charge is -2.35. The quantitative estimate of drug-likeness (QED) is 0.609. The number of likely N-dealkylation sites (N-methyl/N-ethyl adjacent to an activating group) is 1. The van der Waals surface area contributed by atoms with Gasteiger partial charge in [0.25, 0.3) is 0 Å². The van der Waals surface area contributed by atoms with Crippen molar-refractivity contribution in [3.63, 3.8) is 0 Å². The second-order valence-corrected chi connectivity index (χ2v) is 7.87. The van der Waals surface area contributed by atoms with Crippen LogP contribution >= 0.6 is 0 Å². The molecule has 8 nitrogen and oxygen atoms in total. The second-order valence-electron chi connectivity index (χ2n) is 7.87. The van der Waals surface area contributed by atoms with E-state index in [1.54, 1.807) is 13.3 Å². The van der Waals surface area contributed by atoms with Crippen molar-refractivity contribution >= 4 is 17.3 Å². The zero-order chi connectivity index (χ0) is 22.0. The van der Waals surface area contributed by atoms with Gasteiger partial charge in [-0.3, -0.25) is 14.5 Å². The maximum Gasteiger partial charge on any atom is 0.247 e. The minimum Gasteiger partial charge on any atom is -0.481 e. The van der Waals surface area contributed by atoms with Gasteiger partial charge in [-0.05, 0) is 49.4 Å². The molecule has 1 N–H and O–H groups in total. The van der Waals surface area contributed by atoms with Crippen LogP contribution < -0.4 is 15.0 Å². The molecule has 0 saturated heterocycles. The highest BCUT2D eigenvalue weighted by Gasteiger charge is 2.30. The van der Waals surface area contributed by atoms with Crippen molar-refractivity contribution in [2.24, 2.45) is 0 Å². The molecule has 0 aromatic carbocycles. The van der Waals surface area contributed by atoms with Crippen LogP contribution in [0.5, 0.6) is 5.88 Å². The third-order valence-corrected chi connectivity index (χ3v) is 5.73. The van der Waals surface area contributed by atoms with E-state index in [0.717, 1.165) is 53.2 Å². The molecular formula is C24H32N6O2. The average Bonchev–Trinajstić information content (AvgIpc) is 3.21. The van der Waals surface area contributed by atoms with E-state index in [4.69, 9.17) is 9.72 Å². The average molecular weight is 437 g/mol. The Bertz CT molecular complexity index is 1090. The summed E-state index contributed by atoms with van der Waals surface area (Å²) in [4.78, 5) is 23.2. The third-order valence-electron chi connectivity index (χ3n) is 5.73. The van der Waals surface area contributed by atoms with Gasteiger partial charge >= 0.3 is 0 Å². The van der Waals surface area contributed by atoms with Crippen molar-refractivity contribution < 1.29 is 9.53 Å². The first-order chi connectivity index (χ1) is 15.0. The Morgan fingerprint density at radius 1 is 1.22 bits per heavy atom. The number of carbonyl (C=O) groups excluding carboxylic acids is 1. The van der Waals surface area contributed by atoms with E-state index in [9.17, 15) is 4.79 Å². The maximum absolute atomic E-state index is 12.3. The number of anilines is 2. The molecule has 0 fully saturated rings.